The van der Waals surface area contributed by atoms with E-state index in [0.29, 0.717) is 17.0 Å². The van der Waals surface area contributed by atoms with Gasteiger partial charge < -0.3 is 9.84 Å². The van der Waals surface area contributed by atoms with E-state index in [1.54, 1.807) is 0 Å². The molecule has 152 valence electrons. The number of hydrogen-bond acceptors (Lipinski definition) is 5. The Morgan fingerprint density at radius 3 is 2.39 bits per heavy atom. The van der Waals surface area contributed by atoms with Crippen molar-refractivity contribution in [3.05, 3.63) is 47.2 Å². The number of carbonyl (C=O) groups excluding carboxylic acids is 1. The molecule has 1 amide bonds. The second-order valence-electron chi connectivity index (χ2n) is 8.48. The molecule has 2 rings (SSSR count). The second kappa shape index (κ2) is 9.41. The van der Waals surface area contributed by atoms with Crippen LogP contribution in [0.4, 0.5) is 5.88 Å². The van der Waals surface area contributed by atoms with Gasteiger partial charge in [-0.15, -0.1) is 0 Å². The highest BCUT2D eigenvalue weighted by molar-refractivity contribution is 8.13. The lowest BCUT2D eigenvalue weighted by atomic mass is 9.95. The number of nitrogens with zero attached hydrogens (tertiary/aromatic N) is 2. The third-order valence-electron chi connectivity index (χ3n) is 4.39. The van der Waals surface area contributed by atoms with Gasteiger partial charge in [0.15, 0.2) is 5.17 Å². The van der Waals surface area contributed by atoms with E-state index in [2.05, 4.69) is 60.5 Å². The Balaban J connectivity index is 2.12. The van der Waals surface area contributed by atoms with Gasteiger partial charge in [-0.25, -0.2) is 0 Å². The van der Waals surface area contributed by atoms with Crippen molar-refractivity contribution in [1.82, 2.24) is 10.5 Å². The van der Waals surface area contributed by atoms with E-state index in [1.165, 1.54) is 22.9 Å². The topological polar surface area (TPSA) is 67.5 Å². The van der Waals surface area contributed by atoms with E-state index < -0.39 is 5.41 Å². The molecule has 28 heavy (non-hydrogen) atoms. The fraction of sp³-hybridized carbons (Fsp3) is 0.500. The maximum Gasteiger partial charge on any atom is 0.253 e. The molecule has 1 aromatic carbocycles. The Morgan fingerprint density at radius 1 is 1.21 bits per heavy atom. The first kappa shape index (κ1) is 22.2. The van der Waals surface area contributed by atoms with Crippen LogP contribution in [0.2, 0.25) is 0 Å². The van der Waals surface area contributed by atoms with Crippen LogP contribution in [-0.4, -0.2) is 22.5 Å². The SMILES string of the molecule is CSC(=Nc1cc(C(C)c2ccc(CC(C)C)cc2)no1)NC(=O)C(C)(C)C. The summed E-state index contributed by atoms with van der Waals surface area (Å²) < 4.78 is 5.38. The highest BCUT2D eigenvalue weighted by atomic mass is 32.2. The van der Waals surface area contributed by atoms with Gasteiger partial charge in [0, 0.05) is 17.4 Å². The molecule has 1 atom stereocenters. The van der Waals surface area contributed by atoms with E-state index in [-0.39, 0.29) is 11.8 Å². The molecular formula is C22H31N3O2S. The summed E-state index contributed by atoms with van der Waals surface area (Å²) in [6.07, 6.45) is 2.94. The normalized spacial score (nSPS) is 13.6. The molecule has 1 N–H and O–H groups in total. The Kier molecular flexibility index (Phi) is 7.47. The Labute approximate surface area is 172 Å². The molecule has 5 nitrogen and oxygen atoms in total. The maximum atomic E-state index is 12.2. The number of amides is 1. The van der Waals surface area contributed by atoms with Crippen molar-refractivity contribution in [3.63, 3.8) is 0 Å². The number of carbonyl (C=O) groups is 1. The van der Waals surface area contributed by atoms with E-state index in [9.17, 15) is 4.79 Å². The number of nitrogens with one attached hydrogen (secondary N) is 1. The van der Waals surface area contributed by atoms with Crippen LogP contribution in [-0.2, 0) is 11.2 Å². The van der Waals surface area contributed by atoms with Crippen LogP contribution in [0.5, 0.6) is 0 Å². The van der Waals surface area contributed by atoms with Crippen molar-refractivity contribution in [3.8, 4) is 0 Å². The molecule has 0 saturated heterocycles. The molecule has 2 aromatic rings. The van der Waals surface area contributed by atoms with Crippen molar-refractivity contribution < 1.29 is 9.32 Å². The summed E-state index contributed by atoms with van der Waals surface area (Å²) in [7, 11) is 0. The highest BCUT2D eigenvalue weighted by Crippen LogP contribution is 2.27. The van der Waals surface area contributed by atoms with Crippen LogP contribution in [0.15, 0.2) is 39.8 Å². The van der Waals surface area contributed by atoms with Crippen LogP contribution in [0, 0.1) is 11.3 Å². The van der Waals surface area contributed by atoms with Gasteiger partial charge in [-0.05, 0) is 29.7 Å². The van der Waals surface area contributed by atoms with E-state index in [1.807, 2.05) is 33.1 Å². The summed E-state index contributed by atoms with van der Waals surface area (Å²) >= 11 is 1.36. The number of aliphatic imine (C=N–C) groups is 1. The predicted molar refractivity (Wildman–Crippen MR) is 117 cm³/mol. The first-order valence-electron chi connectivity index (χ1n) is 9.59. The van der Waals surface area contributed by atoms with Crippen molar-refractivity contribution in [2.75, 3.05) is 6.26 Å². The minimum Gasteiger partial charge on any atom is -0.336 e. The van der Waals surface area contributed by atoms with Gasteiger partial charge in [-0.1, -0.05) is 82.7 Å². The molecule has 0 bridgehead atoms. The molecule has 1 unspecified atom stereocenters. The zero-order valence-electron chi connectivity index (χ0n) is 17.9. The van der Waals surface area contributed by atoms with Gasteiger partial charge in [-0.2, -0.15) is 4.99 Å². The van der Waals surface area contributed by atoms with Crippen LogP contribution in [0.1, 0.15) is 64.3 Å². The first-order valence-corrected chi connectivity index (χ1v) is 10.8. The molecule has 1 heterocycles. The Hall–Kier alpha value is -2.08. The van der Waals surface area contributed by atoms with Crippen LogP contribution < -0.4 is 5.32 Å². The smallest absolute Gasteiger partial charge is 0.253 e. The average molecular weight is 402 g/mol. The average Bonchev–Trinajstić information content (AvgIpc) is 3.08. The lowest BCUT2D eigenvalue weighted by Crippen LogP contribution is -2.37. The molecule has 0 saturated carbocycles. The summed E-state index contributed by atoms with van der Waals surface area (Å²) in [5.74, 6) is 1.04. The summed E-state index contributed by atoms with van der Waals surface area (Å²) in [6, 6.07) is 10.5. The Morgan fingerprint density at radius 2 is 1.86 bits per heavy atom. The van der Waals surface area contributed by atoms with Gasteiger partial charge in [0.05, 0.1) is 5.69 Å². The van der Waals surface area contributed by atoms with E-state index >= 15 is 0 Å². The number of hydrogen-bond donors (Lipinski definition) is 1. The minimum absolute atomic E-state index is 0.0878. The Bertz CT molecular complexity index is 817. The molecule has 0 aliphatic rings. The van der Waals surface area contributed by atoms with Crippen molar-refractivity contribution >= 4 is 28.7 Å². The lowest BCUT2D eigenvalue weighted by Gasteiger charge is -2.17. The number of thioether (sulfide) groups is 1. The third-order valence-corrected chi connectivity index (χ3v) is 4.97. The molecule has 0 radical (unpaired) electrons. The quantitative estimate of drug-likeness (QED) is 0.528. The van der Waals surface area contributed by atoms with E-state index in [4.69, 9.17) is 4.52 Å². The van der Waals surface area contributed by atoms with Crippen LogP contribution >= 0.6 is 11.8 Å². The van der Waals surface area contributed by atoms with E-state index in [0.717, 1.165) is 12.1 Å². The first-order chi connectivity index (χ1) is 13.1. The van der Waals surface area contributed by atoms with Gasteiger partial charge in [-0.3, -0.25) is 4.79 Å². The number of benzene rings is 1. The van der Waals surface area contributed by atoms with Gasteiger partial charge in [0.1, 0.15) is 0 Å². The zero-order chi connectivity index (χ0) is 20.9. The number of amidine groups is 1. The molecule has 6 heteroatoms. The maximum absolute atomic E-state index is 12.2. The van der Waals surface area contributed by atoms with Gasteiger partial charge in [0.25, 0.3) is 5.88 Å². The number of rotatable bonds is 5. The standard InChI is InChI=1S/C22H31N3O2S/c1-14(2)12-16-8-10-17(11-9-16)15(3)18-13-19(27-25-18)23-21(28-7)24-20(26)22(4,5)6/h8-11,13-15H,12H2,1-7H3,(H,23,24,26). The fourth-order valence-corrected chi connectivity index (χ4v) is 3.01. The minimum atomic E-state index is -0.487. The summed E-state index contributed by atoms with van der Waals surface area (Å²) in [4.78, 5) is 16.6. The fourth-order valence-electron chi connectivity index (χ4n) is 2.63. The monoisotopic (exact) mass is 401 g/mol. The summed E-state index contributed by atoms with van der Waals surface area (Å²) in [5.41, 5.74) is 2.86. The summed E-state index contributed by atoms with van der Waals surface area (Å²) in [5, 5.41) is 7.50. The molecular weight excluding hydrogens is 370 g/mol. The molecule has 0 aliphatic carbocycles. The van der Waals surface area contributed by atoms with Gasteiger partial charge in [0.2, 0.25) is 5.91 Å². The third kappa shape index (κ3) is 6.23. The number of aromatic nitrogens is 1. The zero-order valence-corrected chi connectivity index (χ0v) is 18.7. The molecule has 0 aliphatic heterocycles. The molecule has 0 fully saturated rings. The molecule has 0 spiro atoms. The van der Waals surface area contributed by atoms with Crippen molar-refractivity contribution in [1.29, 1.82) is 0 Å². The summed E-state index contributed by atoms with van der Waals surface area (Å²) in [6.45, 7) is 12.1. The molecule has 1 aromatic heterocycles. The largest absolute Gasteiger partial charge is 0.336 e. The van der Waals surface area contributed by atoms with Crippen molar-refractivity contribution in [2.45, 2.75) is 53.9 Å². The second-order valence-corrected chi connectivity index (χ2v) is 9.27. The van der Waals surface area contributed by atoms with Gasteiger partial charge >= 0.3 is 0 Å². The lowest BCUT2D eigenvalue weighted by molar-refractivity contribution is -0.126. The highest BCUT2D eigenvalue weighted by Gasteiger charge is 2.22. The van der Waals surface area contributed by atoms with Crippen LogP contribution in [0.3, 0.4) is 0 Å². The predicted octanol–water partition coefficient (Wildman–Crippen LogP) is 5.54. The van der Waals surface area contributed by atoms with Crippen molar-refractivity contribution in [2.24, 2.45) is 16.3 Å². The van der Waals surface area contributed by atoms with Crippen LogP contribution in [0.25, 0.3) is 0 Å².